The average molecular weight is 292 g/mol. The fourth-order valence-corrected chi connectivity index (χ4v) is 1.87. The van der Waals surface area contributed by atoms with Crippen molar-refractivity contribution >= 4 is 23.7 Å². The van der Waals surface area contributed by atoms with Gasteiger partial charge in [0.2, 0.25) is 0 Å². The van der Waals surface area contributed by atoms with Crippen molar-refractivity contribution in [2.24, 2.45) is 0 Å². The number of benzene rings is 1. The van der Waals surface area contributed by atoms with E-state index in [-0.39, 0.29) is 19.5 Å². The minimum atomic E-state index is 0. The quantitative estimate of drug-likeness (QED) is 0.509. The van der Waals surface area contributed by atoms with Gasteiger partial charge >= 0.3 is 0 Å². The van der Waals surface area contributed by atoms with E-state index in [0.717, 1.165) is 21.6 Å². The van der Waals surface area contributed by atoms with Crippen LogP contribution in [0, 0.1) is 0 Å². The Labute approximate surface area is 117 Å². The molecule has 0 unspecified atom stereocenters. The van der Waals surface area contributed by atoms with E-state index in [1.165, 1.54) is 0 Å². The Balaban J connectivity index is 0.00000108. The fraction of sp³-hybridized carbons (Fsp3) is 0. The topological polar surface area (TPSA) is 30.7 Å². The predicted molar refractivity (Wildman–Crippen MR) is 64.5 cm³/mol. The summed E-state index contributed by atoms with van der Waals surface area (Å²) < 4.78 is 1.78. The molecule has 0 fully saturated rings. The van der Waals surface area contributed by atoms with Crippen LogP contribution in [-0.4, -0.2) is 14.8 Å². The van der Waals surface area contributed by atoms with Crippen LogP contribution in [0.5, 0.6) is 0 Å². The van der Waals surface area contributed by atoms with Crippen molar-refractivity contribution in [1.29, 1.82) is 0 Å². The molecule has 0 aliphatic rings. The number of para-hydroxylation sites is 1. The molecule has 0 atom stereocenters. The van der Waals surface area contributed by atoms with Crippen LogP contribution in [0.25, 0.3) is 16.7 Å². The number of nitrogens with zero attached hydrogens (tertiary/aromatic N) is 3. The largest absolute Gasteiger partial charge is 0.778 e. The van der Waals surface area contributed by atoms with Gasteiger partial charge in [0.25, 0.3) is 0 Å². The molecule has 0 radical (unpaired) electrons. The molecule has 0 saturated carbocycles. The van der Waals surface area contributed by atoms with E-state index in [4.69, 9.17) is 12.6 Å². The molecule has 1 aromatic carbocycles. The first kappa shape index (κ1) is 12.1. The summed E-state index contributed by atoms with van der Waals surface area (Å²) in [4.78, 5) is 4.98. The maximum absolute atomic E-state index is 5.26. The number of hydrogen-bond acceptors (Lipinski definition) is 3. The van der Waals surface area contributed by atoms with Gasteiger partial charge in [-0.05, 0) is 18.2 Å². The monoisotopic (exact) mass is 290 g/mol. The maximum Gasteiger partial charge on any atom is 0.181 e. The van der Waals surface area contributed by atoms with Crippen LogP contribution < -0.4 is 0 Å². The van der Waals surface area contributed by atoms with Crippen LogP contribution in [0.2, 0.25) is 0 Å². The number of rotatable bonds is 1. The van der Waals surface area contributed by atoms with Gasteiger partial charge in [0, 0.05) is 42.9 Å². The first-order valence-corrected chi connectivity index (χ1v) is 5.32. The van der Waals surface area contributed by atoms with Gasteiger partial charge in [0.1, 0.15) is 0 Å². The minimum absolute atomic E-state index is 0. The number of hydrogen-bond donors (Lipinski definition) is 0. The average Bonchev–Trinajstić information content (AvgIpc) is 2.73. The molecule has 2 heterocycles. The Morgan fingerprint density at radius 1 is 1.06 bits per heavy atom. The summed E-state index contributed by atoms with van der Waals surface area (Å²) in [6.45, 7) is 0. The summed E-state index contributed by atoms with van der Waals surface area (Å²) in [6.07, 6.45) is 3.67. The molecule has 0 N–H and O–H groups in total. The molecule has 3 nitrogen and oxygen atoms in total. The zero-order valence-corrected chi connectivity index (χ0v) is 12.9. The second-order valence-corrected chi connectivity index (χ2v) is 3.90. The van der Waals surface area contributed by atoms with Gasteiger partial charge in [0.05, 0.1) is 0 Å². The van der Waals surface area contributed by atoms with Crippen molar-refractivity contribution in [1.82, 2.24) is 14.8 Å². The molecule has 3 rings (SSSR count). The summed E-state index contributed by atoms with van der Waals surface area (Å²) in [7, 11) is 0. The van der Waals surface area contributed by atoms with Crippen molar-refractivity contribution in [3.63, 3.8) is 0 Å². The van der Waals surface area contributed by atoms with Gasteiger partial charge in [-0.3, -0.25) is 0 Å². The normalized spacial score (nSPS) is 10.1. The first-order chi connectivity index (χ1) is 7.84. The molecule has 2 aromatic heterocycles. The Morgan fingerprint density at radius 2 is 1.88 bits per heavy atom. The molecule has 0 saturated heterocycles. The Bertz CT molecular complexity index is 618. The van der Waals surface area contributed by atoms with Gasteiger partial charge in [-0.1, -0.05) is 18.2 Å². The smallest absolute Gasteiger partial charge is 0.181 e. The molecule has 3 aromatic rings. The van der Waals surface area contributed by atoms with Crippen LogP contribution in [0.15, 0.2) is 53.7 Å². The molecule has 17 heavy (non-hydrogen) atoms. The molecule has 0 amide bonds. The van der Waals surface area contributed by atoms with E-state index in [2.05, 4.69) is 10.1 Å². The number of pyridine rings is 1. The van der Waals surface area contributed by atoms with Crippen LogP contribution >= 0.6 is 0 Å². The summed E-state index contributed by atoms with van der Waals surface area (Å²) >= 11 is 5.26. The first-order valence-electron chi connectivity index (χ1n) is 4.91. The van der Waals surface area contributed by atoms with E-state index in [0.29, 0.717) is 0 Å². The van der Waals surface area contributed by atoms with E-state index in [1.807, 2.05) is 42.6 Å². The van der Waals surface area contributed by atoms with Crippen molar-refractivity contribution in [2.75, 3.05) is 0 Å². The number of aromatic nitrogens is 3. The van der Waals surface area contributed by atoms with Gasteiger partial charge < -0.3 is 12.6 Å². The third-order valence-electron chi connectivity index (χ3n) is 2.39. The molecule has 80 valence electrons. The second kappa shape index (κ2) is 4.90. The molecular formula is C12H8N3SZn-. The standard InChI is InChI=1S/C12H9N3S.Zn/c16-11-6-2-1-5-10(11)15-8-9-4-3-7-13-12(9)14-15;/h1-8,16H;/p-1. The molecule has 5 heteroatoms. The predicted octanol–water partition coefficient (Wildman–Crippen LogP) is 2.32. The van der Waals surface area contributed by atoms with Crippen LogP contribution in [-0.2, 0) is 32.1 Å². The second-order valence-electron chi connectivity index (χ2n) is 3.46. The van der Waals surface area contributed by atoms with Crippen molar-refractivity contribution < 1.29 is 19.5 Å². The van der Waals surface area contributed by atoms with Crippen molar-refractivity contribution in [3.8, 4) is 5.69 Å². The van der Waals surface area contributed by atoms with E-state index >= 15 is 0 Å². The van der Waals surface area contributed by atoms with Crippen LogP contribution in [0.3, 0.4) is 0 Å². The van der Waals surface area contributed by atoms with Crippen molar-refractivity contribution in [2.45, 2.75) is 4.90 Å². The zero-order valence-electron chi connectivity index (χ0n) is 9.08. The summed E-state index contributed by atoms with van der Waals surface area (Å²) in [5, 5.41) is 5.40. The van der Waals surface area contributed by atoms with Crippen LogP contribution in [0.4, 0.5) is 0 Å². The minimum Gasteiger partial charge on any atom is -0.778 e. The third-order valence-corrected chi connectivity index (χ3v) is 2.74. The zero-order chi connectivity index (χ0) is 11.0. The SMILES string of the molecule is [S-]c1ccccc1-n1cc2cccnc2n1.[Zn]. The van der Waals surface area contributed by atoms with E-state index < -0.39 is 0 Å². The Morgan fingerprint density at radius 3 is 2.65 bits per heavy atom. The van der Waals surface area contributed by atoms with Crippen molar-refractivity contribution in [3.05, 3.63) is 48.8 Å². The van der Waals surface area contributed by atoms with E-state index in [9.17, 15) is 0 Å². The molecule has 0 aliphatic heterocycles. The van der Waals surface area contributed by atoms with Gasteiger partial charge in [0.15, 0.2) is 5.65 Å². The third kappa shape index (κ3) is 2.21. The summed E-state index contributed by atoms with van der Waals surface area (Å²) in [5.41, 5.74) is 1.65. The maximum atomic E-state index is 5.26. The molecular weight excluding hydrogens is 284 g/mol. The van der Waals surface area contributed by atoms with Gasteiger partial charge in [-0.15, -0.1) is 9.99 Å². The van der Waals surface area contributed by atoms with Gasteiger partial charge in [-0.25, -0.2) is 9.67 Å². The van der Waals surface area contributed by atoms with E-state index in [1.54, 1.807) is 10.9 Å². The Hall–Kier alpha value is -1.32. The fourth-order valence-electron chi connectivity index (χ4n) is 1.63. The van der Waals surface area contributed by atoms with Crippen LogP contribution in [0.1, 0.15) is 0 Å². The summed E-state index contributed by atoms with van der Waals surface area (Å²) in [5.74, 6) is 0. The summed E-state index contributed by atoms with van der Waals surface area (Å²) in [6, 6.07) is 11.6. The molecule has 0 bridgehead atoms. The molecule has 0 aliphatic carbocycles. The van der Waals surface area contributed by atoms with Gasteiger partial charge in [-0.2, -0.15) is 0 Å². The Kier molecular flexibility index (Phi) is 3.50. The number of fused-ring (bicyclic) bond motifs is 1. The molecule has 0 spiro atoms.